The van der Waals surface area contributed by atoms with Gasteiger partial charge in [0.25, 0.3) is 0 Å². The van der Waals surface area contributed by atoms with Crippen LogP contribution in [0.5, 0.6) is 11.5 Å². The zero-order valence-electron chi connectivity index (χ0n) is 30.3. The van der Waals surface area contributed by atoms with Gasteiger partial charge >= 0.3 is 0 Å². The van der Waals surface area contributed by atoms with Crippen LogP contribution in [0.1, 0.15) is 31.8 Å². The molecule has 0 aliphatic carbocycles. The van der Waals surface area contributed by atoms with Crippen LogP contribution in [0.4, 0.5) is 11.4 Å². The Morgan fingerprint density at radius 2 is 1.62 bits per heavy atom. The SMILES string of the molecule is [2H]c1c([2H])c([2H])c2c(c1[2H])c1ccc(Oc3[c-]c(N4[CH-]n5c(nc6ccccc65)-c5ccccc54)ccc3)[c-]c1n2-c1cc(C(C)(C)C)ccn1.[Pt]. The summed E-state index contributed by atoms with van der Waals surface area (Å²) in [5, 5.41) is 1.02. The first-order chi connectivity index (χ1) is 24.6. The molecule has 0 saturated heterocycles. The Bertz CT molecular complexity index is 2720. The minimum atomic E-state index is -0.307. The summed E-state index contributed by atoms with van der Waals surface area (Å²) in [5.74, 6) is 2.27. The van der Waals surface area contributed by atoms with Gasteiger partial charge in [0, 0.05) is 61.3 Å². The van der Waals surface area contributed by atoms with Crippen molar-refractivity contribution < 1.29 is 31.3 Å². The van der Waals surface area contributed by atoms with Crippen LogP contribution >= 0.6 is 0 Å². The molecule has 1 aliphatic heterocycles. The van der Waals surface area contributed by atoms with E-state index in [0.29, 0.717) is 39.1 Å². The Kier molecular flexibility index (Phi) is 6.13. The van der Waals surface area contributed by atoms with Gasteiger partial charge in [-0.2, -0.15) is 12.1 Å². The molecule has 8 aromatic rings. The Balaban J connectivity index is 0.00000387. The van der Waals surface area contributed by atoms with Gasteiger partial charge in [-0.15, -0.1) is 35.7 Å². The Labute approximate surface area is 299 Å². The van der Waals surface area contributed by atoms with Crippen molar-refractivity contribution in [3.05, 3.63) is 146 Å². The first-order valence-corrected chi connectivity index (χ1v) is 15.4. The van der Waals surface area contributed by atoms with Crippen LogP contribution in [0, 0.1) is 18.8 Å². The van der Waals surface area contributed by atoms with Crippen molar-refractivity contribution in [3.8, 4) is 28.7 Å². The minimum absolute atomic E-state index is 0. The van der Waals surface area contributed by atoms with Crippen molar-refractivity contribution in [1.29, 1.82) is 0 Å². The number of para-hydroxylation sites is 4. The molecule has 9 rings (SSSR count). The first-order valence-electron chi connectivity index (χ1n) is 17.4. The summed E-state index contributed by atoms with van der Waals surface area (Å²) in [6, 6.07) is 35.4. The first kappa shape index (κ1) is 25.7. The predicted molar refractivity (Wildman–Crippen MR) is 188 cm³/mol. The Morgan fingerprint density at radius 3 is 2.52 bits per heavy atom. The number of hydrogen-bond donors (Lipinski definition) is 0. The number of nitrogens with zero attached hydrogens (tertiary/aromatic N) is 5. The molecule has 7 heteroatoms. The maximum absolute atomic E-state index is 8.91. The third-order valence-electron chi connectivity index (χ3n) is 8.59. The van der Waals surface area contributed by atoms with Gasteiger partial charge in [0.05, 0.1) is 5.48 Å². The topological polar surface area (TPSA) is 48.1 Å². The van der Waals surface area contributed by atoms with E-state index in [9.17, 15) is 0 Å². The number of imidazole rings is 1. The number of pyridine rings is 1. The molecule has 0 atom stereocenters. The van der Waals surface area contributed by atoms with E-state index in [1.54, 1.807) is 16.8 Å². The van der Waals surface area contributed by atoms with Crippen LogP contribution in [0.2, 0.25) is 0 Å². The number of hydrogen-bond acceptors (Lipinski definition) is 4. The molecule has 0 unspecified atom stereocenters. The average Bonchev–Trinajstić information content (AvgIpc) is 3.69. The fourth-order valence-electron chi connectivity index (χ4n) is 6.27. The molecule has 4 heterocycles. The van der Waals surface area contributed by atoms with Crippen LogP contribution in [0.15, 0.2) is 121 Å². The standard InChI is InChI=1S/C41H30N5O.Pt/c1-41(2,3)27-21-22-42-39(23-27)46-36-17-8-4-13-31(36)32-20-19-30(25-38(32)46)47-29-12-10-11-28(24-29)44-26-45-37-18-9-6-15-34(37)43-40(45)33-14-5-7-16-35(33)44;/h4-23,26H,1-3H3;/q-3;/i4D,8D,13D,17D;. The molecule has 0 spiro atoms. The third-order valence-corrected chi connectivity index (χ3v) is 8.59. The van der Waals surface area contributed by atoms with Gasteiger partial charge in [-0.25, -0.2) is 4.98 Å². The number of ether oxygens (including phenoxy) is 1. The molecule has 0 bridgehead atoms. The molecule has 48 heavy (non-hydrogen) atoms. The number of fused-ring (bicyclic) bond motifs is 8. The van der Waals surface area contributed by atoms with E-state index in [0.717, 1.165) is 39.4 Å². The van der Waals surface area contributed by atoms with Crippen molar-refractivity contribution in [3.63, 3.8) is 0 Å². The molecule has 0 N–H and O–H groups in total. The quantitative estimate of drug-likeness (QED) is 0.166. The molecule has 0 fully saturated rings. The molecule has 0 saturated carbocycles. The number of rotatable bonds is 4. The smallest absolute Gasteiger partial charge is 0.135 e. The summed E-state index contributed by atoms with van der Waals surface area (Å²) in [7, 11) is 0. The Hall–Kier alpha value is -5.32. The van der Waals surface area contributed by atoms with E-state index >= 15 is 0 Å². The van der Waals surface area contributed by atoms with Gasteiger partial charge < -0.3 is 23.8 Å². The summed E-state index contributed by atoms with van der Waals surface area (Å²) in [6.07, 6.45) is 1.73. The van der Waals surface area contributed by atoms with Crippen LogP contribution in [-0.2, 0) is 26.5 Å². The molecule has 1 aliphatic rings. The second-order valence-electron chi connectivity index (χ2n) is 12.6. The Morgan fingerprint density at radius 1 is 0.812 bits per heavy atom. The van der Waals surface area contributed by atoms with E-state index in [2.05, 4.69) is 65.6 Å². The number of benzene rings is 5. The number of aromatic nitrogens is 4. The van der Waals surface area contributed by atoms with Crippen molar-refractivity contribution in [2.45, 2.75) is 26.2 Å². The number of anilines is 2. The molecule has 0 radical (unpaired) electrons. The summed E-state index contributed by atoms with van der Waals surface area (Å²) in [5.41, 5.74) is 6.38. The van der Waals surface area contributed by atoms with Gasteiger partial charge in [-0.05, 0) is 64.4 Å². The minimum Gasteiger partial charge on any atom is -0.509 e. The van der Waals surface area contributed by atoms with Crippen LogP contribution in [-0.4, -0.2) is 19.1 Å². The largest absolute Gasteiger partial charge is 0.509 e. The molecule has 5 aromatic carbocycles. The van der Waals surface area contributed by atoms with Gasteiger partial charge in [-0.1, -0.05) is 86.5 Å². The van der Waals surface area contributed by atoms with E-state index in [4.69, 9.17) is 15.2 Å². The third kappa shape index (κ3) is 4.87. The van der Waals surface area contributed by atoms with E-state index < -0.39 is 0 Å². The van der Waals surface area contributed by atoms with Gasteiger partial charge in [0.15, 0.2) is 0 Å². The second kappa shape index (κ2) is 11.4. The summed E-state index contributed by atoms with van der Waals surface area (Å²) >= 11 is 0. The normalized spacial score (nSPS) is 13.6. The molecular formula is C41H30N5OPt-3. The zero-order chi connectivity index (χ0) is 35.2. The van der Waals surface area contributed by atoms with Crippen molar-refractivity contribution in [1.82, 2.24) is 19.1 Å². The van der Waals surface area contributed by atoms with E-state index in [1.165, 1.54) is 0 Å². The summed E-state index contributed by atoms with van der Waals surface area (Å²) in [6.45, 7) is 8.37. The molecule has 6 nitrogen and oxygen atoms in total. The van der Waals surface area contributed by atoms with Gasteiger partial charge in [0.1, 0.15) is 5.82 Å². The maximum Gasteiger partial charge on any atom is 0.135 e. The summed E-state index contributed by atoms with van der Waals surface area (Å²) < 4.78 is 44.9. The van der Waals surface area contributed by atoms with E-state index in [-0.39, 0.29) is 50.6 Å². The van der Waals surface area contributed by atoms with Crippen LogP contribution < -0.4 is 9.64 Å². The van der Waals surface area contributed by atoms with Crippen molar-refractivity contribution in [2.24, 2.45) is 0 Å². The fraction of sp³-hybridized carbons (Fsp3) is 0.0976. The average molecular weight is 808 g/mol. The van der Waals surface area contributed by atoms with Crippen LogP contribution in [0.3, 0.4) is 0 Å². The molecular weight excluding hydrogens is 774 g/mol. The van der Waals surface area contributed by atoms with E-state index in [1.807, 2.05) is 73.4 Å². The van der Waals surface area contributed by atoms with Crippen molar-refractivity contribution >= 4 is 44.2 Å². The van der Waals surface area contributed by atoms with Crippen molar-refractivity contribution in [2.75, 3.05) is 4.90 Å². The second-order valence-corrected chi connectivity index (χ2v) is 12.6. The maximum atomic E-state index is 8.91. The van der Waals surface area contributed by atoms with Gasteiger partial charge in [-0.3, -0.25) is 0 Å². The monoisotopic (exact) mass is 807 g/mol. The van der Waals surface area contributed by atoms with Crippen LogP contribution in [0.25, 0.3) is 50.0 Å². The predicted octanol–water partition coefficient (Wildman–Crippen LogP) is 10.0. The molecule has 3 aromatic heterocycles. The fourth-order valence-corrected chi connectivity index (χ4v) is 6.27. The summed E-state index contributed by atoms with van der Waals surface area (Å²) in [4.78, 5) is 11.7. The molecule has 0 amide bonds. The molecule has 238 valence electrons. The zero-order valence-corrected chi connectivity index (χ0v) is 28.5. The van der Waals surface area contributed by atoms with Gasteiger partial charge in [0.2, 0.25) is 0 Å².